The molecule has 0 aliphatic carbocycles. The number of nitrogens with zero attached hydrogens (tertiary/aromatic N) is 2. The molecule has 108 valence electrons. The second-order valence-corrected chi connectivity index (χ2v) is 6.03. The van der Waals surface area contributed by atoms with Crippen molar-refractivity contribution in [2.75, 3.05) is 32.1 Å². The summed E-state index contributed by atoms with van der Waals surface area (Å²) in [5.74, 6) is 0.267. The lowest BCUT2D eigenvalue weighted by molar-refractivity contribution is -0.132. The third-order valence-corrected chi connectivity index (χ3v) is 4.49. The number of hydrogen-bond donors (Lipinski definition) is 1. The Morgan fingerprint density at radius 1 is 1.25 bits per heavy atom. The number of hydrogen-bond acceptors (Lipinski definition) is 3. The van der Waals surface area contributed by atoms with Crippen LogP contribution in [0.15, 0.2) is 18.2 Å². The molecule has 1 N–H and O–H groups in total. The standard InChI is InChI=1S/C16H23N3O/c1-18-8-7-13-9-12(3-5-15(13)18)10-17-14-4-6-16(20)19(2)11-14/h3,5,9,14,17H,4,6-8,10-11H2,1-2H3. The lowest BCUT2D eigenvalue weighted by Gasteiger charge is -2.30. The summed E-state index contributed by atoms with van der Waals surface area (Å²) in [7, 11) is 4.04. The van der Waals surface area contributed by atoms with E-state index in [0.29, 0.717) is 12.5 Å². The van der Waals surface area contributed by atoms with Crippen LogP contribution in [0.3, 0.4) is 0 Å². The smallest absolute Gasteiger partial charge is 0.222 e. The van der Waals surface area contributed by atoms with Crippen LogP contribution in [-0.2, 0) is 17.8 Å². The fourth-order valence-electron chi connectivity index (χ4n) is 3.17. The number of fused-ring (bicyclic) bond motifs is 1. The molecule has 1 aromatic rings. The molecule has 2 aliphatic heterocycles. The molecular weight excluding hydrogens is 250 g/mol. The summed E-state index contributed by atoms with van der Waals surface area (Å²) in [6.45, 7) is 2.85. The van der Waals surface area contributed by atoms with Crippen molar-refractivity contribution < 1.29 is 4.79 Å². The van der Waals surface area contributed by atoms with Gasteiger partial charge in [0.25, 0.3) is 0 Å². The van der Waals surface area contributed by atoms with Crippen LogP contribution in [0.2, 0.25) is 0 Å². The number of amides is 1. The molecule has 20 heavy (non-hydrogen) atoms. The van der Waals surface area contributed by atoms with E-state index in [9.17, 15) is 4.79 Å². The van der Waals surface area contributed by atoms with Gasteiger partial charge in [-0.05, 0) is 30.0 Å². The average Bonchev–Trinajstić information content (AvgIpc) is 2.81. The van der Waals surface area contributed by atoms with Gasteiger partial charge in [0.2, 0.25) is 5.91 Å². The third kappa shape index (κ3) is 2.66. The van der Waals surface area contributed by atoms with Crippen molar-refractivity contribution >= 4 is 11.6 Å². The summed E-state index contributed by atoms with van der Waals surface area (Å²) in [4.78, 5) is 15.6. The average molecular weight is 273 g/mol. The lowest BCUT2D eigenvalue weighted by atomic mass is 10.0. The van der Waals surface area contributed by atoms with Crippen LogP contribution in [0, 0.1) is 0 Å². The summed E-state index contributed by atoms with van der Waals surface area (Å²) < 4.78 is 0. The summed E-state index contributed by atoms with van der Waals surface area (Å²) >= 11 is 0. The van der Waals surface area contributed by atoms with Gasteiger partial charge in [0.1, 0.15) is 0 Å². The van der Waals surface area contributed by atoms with Gasteiger partial charge in [0.15, 0.2) is 0 Å². The quantitative estimate of drug-likeness (QED) is 0.904. The minimum Gasteiger partial charge on any atom is -0.374 e. The summed E-state index contributed by atoms with van der Waals surface area (Å²) in [5, 5.41) is 3.58. The van der Waals surface area contributed by atoms with Gasteiger partial charge in [-0.1, -0.05) is 12.1 Å². The predicted molar refractivity (Wildman–Crippen MR) is 80.9 cm³/mol. The second kappa shape index (κ2) is 5.44. The van der Waals surface area contributed by atoms with Crippen molar-refractivity contribution in [2.24, 2.45) is 0 Å². The van der Waals surface area contributed by atoms with Gasteiger partial charge in [-0.15, -0.1) is 0 Å². The van der Waals surface area contributed by atoms with Gasteiger partial charge < -0.3 is 15.1 Å². The van der Waals surface area contributed by atoms with E-state index in [0.717, 1.165) is 32.5 Å². The SMILES string of the molecule is CN1CC(NCc2ccc3c(c2)CCN3C)CCC1=O. The minimum atomic E-state index is 0.267. The molecule has 0 aromatic heterocycles. The molecule has 1 atom stereocenters. The van der Waals surface area contributed by atoms with Crippen molar-refractivity contribution in [3.05, 3.63) is 29.3 Å². The highest BCUT2D eigenvalue weighted by atomic mass is 16.2. The first-order valence-electron chi connectivity index (χ1n) is 7.44. The van der Waals surface area contributed by atoms with Crippen LogP contribution in [-0.4, -0.2) is 44.0 Å². The van der Waals surface area contributed by atoms with E-state index in [-0.39, 0.29) is 5.91 Å². The number of benzene rings is 1. The van der Waals surface area contributed by atoms with E-state index in [1.54, 1.807) is 0 Å². The highest BCUT2D eigenvalue weighted by Gasteiger charge is 2.22. The van der Waals surface area contributed by atoms with Gasteiger partial charge in [-0.2, -0.15) is 0 Å². The van der Waals surface area contributed by atoms with E-state index in [1.807, 2.05) is 11.9 Å². The van der Waals surface area contributed by atoms with E-state index >= 15 is 0 Å². The topological polar surface area (TPSA) is 35.6 Å². The number of likely N-dealkylation sites (tertiary alicyclic amines) is 1. The van der Waals surface area contributed by atoms with Crippen molar-refractivity contribution in [2.45, 2.75) is 31.8 Å². The highest BCUT2D eigenvalue weighted by Crippen LogP contribution is 2.27. The van der Waals surface area contributed by atoms with Gasteiger partial charge >= 0.3 is 0 Å². The molecule has 1 saturated heterocycles. The third-order valence-electron chi connectivity index (χ3n) is 4.49. The summed E-state index contributed by atoms with van der Waals surface area (Å²) in [6, 6.07) is 7.19. The summed E-state index contributed by atoms with van der Waals surface area (Å²) in [6.07, 6.45) is 2.78. The molecule has 1 unspecified atom stereocenters. The van der Waals surface area contributed by atoms with Gasteiger partial charge in [0.05, 0.1) is 0 Å². The highest BCUT2D eigenvalue weighted by molar-refractivity contribution is 5.76. The molecular formula is C16H23N3O. The maximum absolute atomic E-state index is 11.5. The second-order valence-electron chi connectivity index (χ2n) is 6.03. The number of anilines is 1. The molecule has 2 heterocycles. The van der Waals surface area contributed by atoms with Gasteiger partial charge in [0, 0.05) is 51.9 Å². The number of likely N-dealkylation sites (N-methyl/N-ethyl adjacent to an activating group) is 2. The first-order chi connectivity index (χ1) is 9.63. The minimum absolute atomic E-state index is 0.267. The normalized spacial score (nSPS) is 22.3. The molecule has 0 bridgehead atoms. The Labute approximate surface area is 120 Å². The van der Waals surface area contributed by atoms with Crippen LogP contribution in [0.4, 0.5) is 5.69 Å². The van der Waals surface area contributed by atoms with Crippen molar-refractivity contribution in [3.63, 3.8) is 0 Å². The van der Waals surface area contributed by atoms with Crippen LogP contribution < -0.4 is 10.2 Å². The van der Waals surface area contributed by atoms with E-state index < -0.39 is 0 Å². The Morgan fingerprint density at radius 3 is 2.90 bits per heavy atom. The summed E-state index contributed by atoms with van der Waals surface area (Å²) in [5.41, 5.74) is 4.18. The van der Waals surface area contributed by atoms with E-state index in [1.165, 1.54) is 16.8 Å². The number of rotatable bonds is 3. The fraction of sp³-hybridized carbons (Fsp3) is 0.562. The Hall–Kier alpha value is -1.55. The van der Waals surface area contributed by atoms with E-state index in [4.69, 9.17) is 0 Å². The van der Waals surface area contributed by atoms with Crippen LogP contribution in [0.5, 0.6) is 0 Å². The molecule has 0 spiro atoms. The molecule has 1 amide bonds. The maximum Gasteiger partial charge on any atom is 0.222 e. The van der Waals surface area contributed by atoms with Gasteiger partial charge in [-0.3, -0.25) is 4.79 Å². The number of carbonyl (C=O) groups is 1. The lowest BCUT2D eigenvalue weighted by Crippen LogP contribution is -2.46. The van der Waals surface area contributed by atoms with E-state index in [2.05, 4.69) is 35.5 Å². The number of piperidine rings is 1. The molecule has 4 nitrogen and oxygen atoms in total. The monoisotopic (exact) mass is 273 g/mol. The number of carbonyl (C=O) groups excluding carboxylic acids is 1. The van der Waals surface area contributed by atoms with Crippen molar-refractivity contribution in [1.29, 1.82) is 0 Å². The Bertz CT molecular complexity index is 514. The Kier molecular flexibility index (Phi) is 3.66. The molecule has 3 rings (SSSR count). The van der Waals surface area contributed by atoms with Crippen molar-refractivity contribution in [1.82, 2.24) is 10.2 Å². The molecule has 0 saturated carbocycles. The number of nitrogens with one attached hydrogen (secondary N) is 1. The van der Waals surface area contributed by atoms with Crippen LogP contribution in [0.1, 0.15) is 24.0 Å². The van der Waals surface area contributed by atoms with Gasteiger partial charge in [-0.25, -0.2) is 0 Å². The maximum atomic E-state index is 11.5. The fourth-order valence-corrected chi connectivity index (χ4v) is 3.17. The molecule has 4 heteroatoms. The molecule has 0 radical (unpaired) electrons. The van der Waals surface area contributed by atoms with Crippen LogP contribution >= 0.6 is 0 Å². The zero-order valence-electron chi connectivity index (χ0n) is 12.4. The Balaban J connectivity index is 1.58. The molecule has 1 aromatic carbocycles. The largest absolute Gasteiger partial charge is 0.374 e. The zero-order valence-corrected chi connectivity index (χ0v) is 12.4. The predicted octanol–water partition coefficient (Wildman–Crippen LogP) is 1.39. The zero-order chi connectivity index (χ0) is 14.1. The van der Waals surface area contributed by atoms with Crippen molar-refractivity contribution in [3.8, 4) is 0 Å². The Morgan fingerprint density at radius 2 is 2.10 bits per heavy atom. The first kappa shape index (κ1) is 13.4. The first-order valence-corrected chi connectivity index (χ1v) is 7.44. The molecule has 2 aliphatic rings. The van der Waals surface area contributed by atoms with Crippen LogP contribution in [0.25, 0.3) is 0 Å². The molecule has 1 fully saturated rings.